The standard InChI is InChI=1S/C20H18N2S2/c1-22-19(15-8-3-2-4-9-15)20(21)24-14-16-10-5-6-11-17(16)18-12-7-13-23-18/h2-13H,1,14,21H2/b20-19-. The fraction of sp³-hybridized carbons (Fsp3) is 0.0500. The average Bonchev–Trinajstić information content (AvgIpc) is 3.16. The summed E-state index contributed by atoms with van der Waals surface area (Å²) >= 11 is 3.35. The molecule has 0 amide bonds. The maximum atomic E-state index is 6.29. The van der Waals surface area contributed by atoms with Gasteiger partial charge in [-0.1, -0.05) is 60.7 Å². The molecule has 0 aliphatic rings. The summed E-state index contributed by atoms with van der Waals surface area (Å²) in [6.07, 6.45) is 0. The first-order valence-corrected chi connectivity index (χ1v) is 9.42. The lowest BCUT2D eigenvalue weighted by Gasteiger charge is -2.10. The number of benzene rings is 2. The number of thioether (sulfide) groups is 1. The Kier molecular flexibility index (Phi) is 5.51. The Hall–Kier alpha value is -2.30. The van der Waals surface area contributed by atoms with Crippen molar-refractivity contribution in [3.05, 3.63) is 88.3 Å². The summed E-state index contributed by atoms with van der Waals surface area (Å²) in [6, 6.07) is 22.6. The second-order valence-electron chi connectivity index (χ2n) is 5.16. The molecule has 1 aromatic heterocycles. The molecule has 2 aromatic carbocycles. The van der Waals surface area contributed by atoms with Crippen LogP contribution in [0.3, 0.4) is 0 Å². The highest BCUT2D eigenvalue weighted by atomic mass is 32.2. The molecule has 0 aliphatic carbocycles. The van der Waals surface area contributed by atoms with E-state index < -0.39 is 0 Å². The highest BCUT2D eigenvalue weighted by Crippen LogP contribution is 2.33. The van der Waals surface area contributed by atoms with Gasteiger partial charge in [0.25, 0.3) is 0 Å². The summed E-state index contributed by atoms with van der Waals surface area (Å²) in [5, 5.41) is 2.79. The third kappa shape index (κ3) is 3.78. The Morgan fingerprint density at radius 3 is 2.46 bits per heavy atom. The van der Waals surface area contributed by atoms with E-state index in [2.05, 4.69) is 53.5 Å². The van der Waals surface area contributed by atoms with Crippen molar-refractivity contribution in [3.63, 3.8) is 0 Å². The fourth-order valence-corrected chi connectivity index (χ4v) is 4.12. The molecule has 24 heavy (non-hydrogen) atoms. The van der Waals surface area contributed by atoms with Crippen LogP contribution in [-0.2, 0) is 5.75 Å². The van der Waals surface area contributed by atoms with Crippen LogP contribution in [0.25, 0.3) is 16.1 Å². The topological polar surface area (TPSA) is 38.4 Å². The Labute approximate surface area is 150 Å². The van der Waals surface area contributed by atoms with E-state index >= 15 is 0 Å². The van der Waals surface area contributed by atoms with Crippen LogP contribution in [-0.4, -0.2) is 6.72 Å². The summed E-state index contributed by atoms with van der Waals surface area (Å²) in [4.78, 5) is 5.41. The Balaban J connectivity index is 1.83. The molecule has 0 saturated carbocycles. The lowest BCUT2D eigenvalue weighted by Crippen LogP contribution is -1.98. The Morgan fingerprint density at radius 1 is 1.00 bits per heavy atom. The monoisotopic (exact) mass is 350 g/mol. The third-order valence-electron chi connectivity index (χ3n) is 3.63. The number of aliphatic imine (C=N–C) groups is 1. The minimum Gasteiger partial charge on any atom is -0.392 e. The van der Waals surface area contributed by atoms with E-state index in [1.807, 2.05) is 30.3 Å². The zero-order chi connectivity index (χ0) is 16.8. The zero-order valence-corrected chi connectivity index (χ0v) is 14.8. The van der Waals surface area contributed by atoms with Gasteiger partial charge in [-0.2, -0.15) is 0 Å². The van der Waals surface area contributed by atoms with Gasteiger partial charge in [-0.25, -0.2) is 0 Å². The average molecular weight is 351 g/mol. The maximum absolute atomic E-state index is 6.29. The van der Waals surface area contributed by atoms with E-state index in [1.54, 1.807) is 23.1 Å². The molecule has 0 bridgehead atoms. The van der Waals surface area contributed by atoms with Crippen molar-refractivity contribution in [3.8, 4) is 10.4 Å². The summed E-state index contributed by atoms with van der Waals surface area (Å²) < 4.78 is 0. The lowest BCUT2D eigenvalue weighted by atomic mass is 10.1. The molecule has 3 rings (SSSR count). The van der Waals surface area contributed by atoms with E-state index in [4.69, 9.17) is 5.73 Å². The molecule has 2 N–H and O–H groups in total. The highest BCUT2D eigenvalue weighted by Gasteiger charge is 2.09. The van der Waals surface area contributed by atoms with Crippen LogP contribution in [0.4, 0.5) is 0 Å². The molecule has 0 fully saturated rings. The zero-order valence-electron chi connectivity index (χ0n) is 13.2. The molecule has 2 nitrogen and oxygen atoms in total. The van der Waals surface area contributed by atoms with Crippen LogP contribution in [0.1, 0.15) is 11.1 Å². The van der Waals surface area contributed by atoms with Gasteiger partial charge in [0.15, 0.2) is 0 Å². The number of rotatable bonds is 6. The van der Waals surface area contributed by atoms with Crippen LogP contribution in [0.5, 0.6) is 0 Å². The molecular weight excluding hydrogens is 332 g/mol. The van der Waals surface area contributed by atoms with Crippen molar-refractivity contribution < 1.29 is 0 Å². The smallest absolute Gasteiger partial charge is 0.0990 e. The van der Waals surface area contributed by atoms with Gasteiger partial charge in [0.2, 0.25) is 0 Å². The first-order valence-electron chi connectivity index (χ1n) is 7.56. The first-order chi connectivity index (χ1) is 11.8. The first kappa shape index (κ1) is 16.6. The van der Waals surface area contributed by atoms with Gasteiger partial charge in [-0.05, 0) is 29.3 Å². The van der Waals surface area contributed by atoms with Gasteiger partial charge in [0.1, 0.15) is 0 Å². The molecule has 0 radical (unpaired) electrons. The van der Waals surface area contributed by atoms with Crippen LogP contribution < -0.4 is 5.73 Å². The number of hydrogen-bond acceptors (Lipinski definition) is 4. The van der Waals surface area contributed by atoms with Crippen molar-refractivity contribution in [2.75, 3.05) is 0 Å². The van der Waals surface area contributed by atoms with Crippen LogP contribution in [0.2, 0.25) is 0 Å². The number of nitrogens with zero attached hydrogens (tertiary/aromatic N) is 1. The lowest BCUT2D eigenvalue weighted by molar-refractivity contribution is 1.40. The van der Waals surface area contributed by atoms with Gasteiger partial charge in [-0.3, -0.25) is 4.99 Å². The third-order valence-corrected chi connectivity index (χ3v) is 5.49. The van der Waals surface area contributed by atoms with Gasteiger partial charge in [0, 0.05) is 16.2 Å². The fourth-order valence-electron chi connectivity index (χ4n) is 2.45. The summed E-state index contributed by atoms with van der Waals surface area (Å²) in [5.74, 6) is 0.797. The molecule has 120 valence electrons. The Morgan fingerprint density at radius 2 is 1.75 bits per heavy atom. The molecule has 3 aromatic rings. The van der Waals surface area contributed by atoms with Crippen LogP contribution in [0, 0.1) is 0 Å². The summed E-state index contributed by atoms with van der Waals surface area (Å²) in [6.45, 7) is 3.67. The number of nitrogens with two attached hydrogens (primary N) is 1. The van der Waals surface area contributed by atoms with Gasteiger partial charge in [0.05, 0.1) is 10.7 Å². The molecule has 0 aliphatic heterocycles. The van der Waals surface area contributed by atoms with Gasteiger partial charge in [-0.15, -0.1) is 23.1 Å². The van der Waals surface area contributed by atoms with Crippen molar-refractivity contribution >= 4 is 35.5 Å². The summed E-state index contributed by atoms with van der Waals surface area (Å²) in [5.41, 5.74) is 10.6. The molecule has 0 unspecified atom stereocenters. The van der Waals surface area contributed by atoms with E-state index in [-0.39, 0.29) is 0 Å². The molecule has 1 heterocycles. The molecule has 0 saturated heterocycles. The Bertz CT molecular complexity index is 837. The predicted molar refractivity (Wildman–Crippen MR) is 108 cm³/mol. The normalized spacial score (nSPS) is 11.8. The van der Waals surface area contributed by atoms with Crippen molar-refractivity contribution in [2.45, 2.75) is 5.75 Å². The molecule has 0 atom stereocenters. The molecular formula is C20H18N2S2. The van der Waals surface area contributed by atoms with Crippen molar-refractivity contribution in [1.82, 2.24) is 0 Å². The maximum Gasteiger partial charge on any atom is 0.0990 e. The second-order valence-corrected chi connectivity index (χ2v) is 7.12. The second kappa shape index (κ2) is 7.99. The van der Waals surface area contributed by atoms with Crippen LogP contribution in [0.15, 0.2) is 82.1 Å². The van der Waals surface area contributed by atoms with Gasteiger partial charge >= 0.3 is 0 Å². The number of thiophene rings is 1. The molecule has 0 spiro atoms. The SMILES string of the molecule is C=N/C(=C(/N)SCc1ccccc1-c1cccs1)c1ccccc1. The van der Waals surface area contributed by atoms with Crippen molar-refractivity contribution in [1.29, 1.82) is 0 Å². The van der Waals surface area contributed by atoms with Gasteiger partial charge < -0.3 is 5.73 Å². The van der Waals surface area contributed by atoms with Crippen LogP contribution >= 0.6 is 23.1 Å². The van der Waals surface area contributed by atoms with E-state index in [1.165, 1.54) is 16.0 Å². The van der Waals surface area contributed by atoms with Crippen molar-refractivity contribution in [2.24, 2.45) is 10.7 Å². The van der Waals surface area contributed by atoms with E-state index in [0.717, 1.165) is 17.0 Å². The minimum atomic E-state index is 0.692. The van der Waals surface area contributed by atoms with E-state index in [0.29, 0.717) is 5.03 Å². The minimum absolute atomic E-state index is 0.692. The highest BCUT2D eigenvalue weighted by molar-refractivity contribution is 8.02. The molecule has 4 heteroatoms. The predicted octanol–water partition coefficient (Wildman–Crippen LogP) is 5.63. The largest absolute Gasteiger partial charge is 0.392 e. The number of hydrogen-bond donors (Lipinski definition) is 1. The quantitative estimate of drug-likeness (QED) is 0.585. The summed E-state index contributed by atoms with van der Waals surface area (Å²) in [7, 11) is 0. The van der Waals surface area contributed by atoms with E-state index in [9.17, 15) is 0 Å².